The molecule has 0 radical (unpaired) electrons. The molecule has 0 amide bonds. The molecule has 0 aliphatic rings. The van der Waals surface area contributed by atoms with Crippen LogP contribution in [0.15, 0.2) is 65.8 Å². The van der Waals surface area contributed by atoms with Crippen LogP contribution in [0.1, 0.15) is 19.4 Å². The molecule has 0 atom stereocenters. The maximum Gasteiger partial charge on any atom is 0.115 e. The molecule has 2 aromatic carbocycles. The highest BCUT2D eigenvalue weighted by Crippen LogP contribution is 2.23. The molecule has 0 saturated carbocycles. The lowest BCUT2D eigenvalue weighted by Gasteiger charge is -2.09. The number of rotatable bonds is 6. The Morgan fingerprint density at radius 3 is 2.67 bits per heavy atom. The number of hydrogen-bond acceptors (Lipinski definition) is 3. The Hall–Kier alpha value is -3.05. The Morgan fingerprint density at radius 2 is 1.93 bits per heavy atom. The fraction of sp³-hybridized carbons (Fsp3) is 0.227. The number of phenols is 1. The van der Waals surface area contributed by atoms with Gasteiger partial charge in [-0.1, -0.05) is 19.1 Å². The van der Waals surface area contributed by atoms with E-state index in [1.165, 1.54) is 10.9 Å². The van der Waals surface area contributed by atoms with Crippen LogP contribution in [0.2, 0.25) is 0 Å². The summed E-state index contributed by atoms with van der Waals surface area (Å²) >= 11 is 0. The van der Waals surface area contributed by atoms with E-state index in [4.69, 9.17) is 4.99 Å². The van der Waals surface area contributed by atoms with Crippen LogP contribution >= 0.6 is 0 Å². The van der Waals surface area contributed by atoms with Crippen molar-refractivity contribution in [3.05, 3.63) is 66.4 Å². The van der Waals surface area contributed by atoms with E-state index in [-0.39, 0.29) is 5.75 Å². The summed E-state index contributed by atoms with van der Waals surface area (Å²) in [5.41, 5.74) is 4.07. The summed E-state index contributed by atoms with van der Waals surface area (Å²) in [6.45, 7) is 5.70. The normalized spacial score (nSPS) is 12.6. The highest BCUT2D eigenvalue weighted by molar-refractivity contribution is 5.97. The number of nitrogens with one attached hydrogen (secondary N) is 2. The predicted octanol–water partition coefficient (Wildman–Crippen LogP) is 4.36. The van der Waals surface area contributed by atoms with Crippen molar-refractivity contribution in [2.75, 3.05) is 18.4 Å². The van der Waals surface area contributed by atoms with Crippen molar-refractivity contribution in [3.8, 4) is 5.75 Å². The molecule has 1 heterocycles. The number of hydrogen-bond donors (Lipinski definition) is 3. The molecule has 0 unspecified atom stereocenters. The standard InChI is InChI=1S/C22H26N4O/c1-4-23-13-11-21(18-6-5-17-12-14-26(3)22(17)15-18)25-16(2)24-19-7-9-20(27)10-8-19/h5-12,14-15,23,27H,4,13H2,1-3H3,(H,24,25)/b21-11-. The van der Waals surface area contributed by atoms with E-state index in [9.17, 15) is 5.11 Å². The minimum atomic E-state index is 0.247. The number of aromatic nitrogens is 1. The Bertz CT molecular complexity index is 968. The van der Waals surface area contributed by atoms with Crippen molar-refractivity contribution in [3.63, 3.8) is 0 Å². The molecule has 5 nitrogen and oxygen atoms in total. The van der Waals surface area contributed by atoms with Gasteiger partial charge in [-0.25, -0.2) is 4.99 Å². The maximum atomic E-state index is 9.42. The van der Waals surface area contributed by atoms with Crippen molar-refractivity contribution >= 4 is 28.1 Å². The van der Waals surface area contributed by atoms with Gasteiger partial charge in [0.05, 0.1) is 5.70 Å². The Morgan fingerprint density at radius 1 is 1.15 bits per heavy atom. The first kappa shape index (κ1) is 18.7. The van der Waals surface area contributed by atoms with E-state index >= 15 is 0 Å². The lowest BCUT2D eigenvalue weighted by Crippen LogP contribution is -2.12. The highest BCUT2D eigenvalue weighted by atomic mass is 16.3. The zero-order valence-corrected chi connectivity index (χ0v) is 16.0. The molecule has 140 valence electrons. The molecular weight excluding hydrogens is 336 g/mol. The third-order valence-electron chi connectivity index (χ3n) is 4.35. The third-order valence-corrected chi connectivity index (χ3v) is 4.35. The molecule has 0 fully saturated rings. The topological polar surface area (TPSA) is 61.6 Å². The molecular formula is C22H26N4O. The summed E-state index contributed by atoms with van der Waals surface area (Å²) < 4.78 is 2.12. The predicted molar refractivity (Wildman–Crippen MR) is 114 cm³/mol. The number of anilines is 1. The quantitative estimate of drug-likeness (QED) is 0.264. The van der Waals surface area contributed by atoms with Gasteiger partial charge < -0.3 is 20.3 Å². The number of benzene rings is 2. The first-order valence-electron chi connectivity index (χ1n) is 9.14. The van der Waals surface area contributed by atoms with E-state index in [1.807, 2.05) is 19.1 Å². The van der Waals surface area contributed by atoms with Crippen molar-refractivity contribution in [1.29, 1.82) is 0 Å². The number of fused-ring (bicyclic) bond motifs is 1. The van der Waals surface area contributed by atoms with Gasteiger partial charge in [0.2, 0.25) is 0 Å². The Balaban J connectivity index is 1.90. The first-order chi connectivity index (χ1) is 13.1. The SMILES string of the molecule is CCNC/C=C(\N=C(C)Nc1ccc(O)cc1)c1ccc2ccn(C)c2c1. The van der Waals surface area contributed by atoms with Gasteiger partial charge in [0, 0.05) is 36.6 Å². The van der Waals surface area contributed by atoms with Crippen molar-refractivity contribution in [2.24, 2.45) is 12.0 Å². The Labute approximate surface area is 160 Å². The number of likely N-dealkylation sites (N-methyl/N-ethyl adjacent to an activating group) is 1. The molecule has 3 aromatic rings. The van der Waals surface area contributed by atoms with E-state index in [2.05, 4.69) is 65.7 Å². The van der Waals surface area contributed by atoms with Crippen LogP contribution in [0.3, 0.4) is 0 Å². The van der Waals surface area contributed by atoms with Gasteiger partial charge in [-0.05, 0) is 61.3 Å². The summed E-state index contributed by atoms with van der Waals surface area (Å²) in [4.78, 5) is 4.81. The van der Waals surface area contributed by atoms with Crippen molar-refractivity contribution in [1.82, 2.24) is 9.88 Å². The molecule has 0 bridgehead atoms. The van der Waals surface area contributed by atoms with Gasteiger partial charge in [-0.3, -0.25) is 0 Å². The number of aryl methyl sites for hydroxylation is 1. The number of nitrogens with zero attached hydrogens (tertiary/aromatic N) is 2. The summed E-state index contributed by atoms with van der Waals surface area (Å²) in [5.74, 6) is 1.03. The second kappa shape index (κ2) is 8.56. The molecule has 0 spiro atoms. The van der Waals surface area contributed by atoms with Gasteiger partial charge in [0.1, 0.15) is 11.6 Å². The van der Waals surface area contributed by atoms with Crippen LogP contribution in [0.4, 0.5) is 5.69 Å². The molecule has 27 heavy (non-hydrogen) atoms. The second-order valence-electron chi connectivity index (χ2n) is 6.47. The summed E-state index contributed by atoms with van der Waals surface area (Å²) in [5, 5.41) is 17.2. The lowest BCUT2D eigenvalue weighted by molar-refractivity contribution is 0.475. The molecule has 0 aliphatic carbocycles. The molecule has 3 N–H and O–H groups in total. The van der Waals surface area contributed by atoms with Gasteiger partial charge in [0.15, 0.2) is 0 Å². The van der Waals surface area contributed by atoms with E-state index in [0.717, 1.165) is 35.9 Å². The van der Waals surface area contributed by atoms with Crippen molar-refractivity contribution in [2.45, 2.75) is 13.8 Å². The Kier molecular flexibility index (Phi) is 5.94. The number of phenolic OH excluding ortho intramolecular Hbond substituents is 1. The fourth-order valence-corrected chi connectivity index (χ4v) is 2.93. The monoisotopic (exact) mass is 362 g/mol. The smallest absolute Gasteiger partial charge is 0.115 e. The molecule has 0 saturated heterocycles. The average Bonchev–Trinajstić information content (AvgIpc) is 3.03. The largest absolute Gasteiger partial charge is 0.508 e. The average molecular weight is 362 g/mol. The number of amidine groups is 1. The highest BCUT2D eigenvalue weighted by Gasteiger charge is 2.05. The lowest BCUT2D eigenvalue weighted by atomic mass is 10.1. The minimum absolute atomic E-state index is 0.247. The van der Waals surface area contributed by atoms with Gasteiger partial charge in [-0.15, -0.1) is 0 Å². The summed E-state index contributed by atoms with van der Waals surface area (Å²) in [6, 6.07) is 15.5. The van der Waals surface area contributed by atoms with Crippen LogP contribution in [0, 0.1) is 0 Å². The van der Waals surface area contributed by atoms with Crippen LogP contribution < -0.4 is 10.6 Å². The van der Waals surface area contributed by atoms with E-state index in [0.29, 0.717) is 0 Å². The molecule has 3 rings (SSSR count). The van der Waals surface area contributed by atoms with Gasteiger partial charge in [0.25, 0.3) is 0 Å². The van der Waals surface area contributed by atoms with Crippen LogP contribution in [-0.2, 0) is 7.05 Å². The van der Waals surface area contributed by atoms with Gasteiger partial charge in [-0.2, -0.15) is 0 Å². The third kappa shape index (κ3) is 4.77. The first-order valence-corrected chi connectivity index (χ1v) is 9.14. The summed E-state index contributed by atoms with van der Waals surface area (Å²) in [7, 11) is 2.05. The summed E-state index contributed by atoms with van der Waals surface area (Å²) in [6.07, 6.45) is 4.17. The van der Waals surface area contributed by atoms with E-state index < -0.39 is 0 Å². The second-order valence-corrected chi connectivity index (χ2v) is 6.47. The van der Waals surface area contributed by atoms with Crippen LogP contribution in [0.25, 0.3) is 16.6 Å². The molecule has 1 aromatic heterocycles. The number of aliphatic imine (C=N–C) groups is 1. The van der Waals surface area contributed by atoms with Crippen molar-refractivity contribution < 1.29 is 5.11 Å². The fourth-order valence-electron chi connectivity index (χ4n) is 2.93. The number of aromatic hydroxyl groups is 1. The zero-order chi connectivity index (χ0) is 19.2. The van der Waals surface area contributed by atoms with Crippen LogP contribution in [-0.4, -0.2) is 28.6 Å². The zero-order valence-electron chi connectivity index (χ0n) is 16.0. The van der Waals surface area contributed by atoms with E-state index in [1.54, 1.807) is 12.1 Å². The maximum absolute atomic E-state index is 9.42. The minimum Gasteiger partial charge on any atom is -0.508 e. The molecule has 0 aliphatic heterocycles. The van der Waals surface area contributed by atoms with Crippen LogP contribution in [0.5, 0.6) is 5.75 Å². The molecule has 5 heteroatoms. The van der Waals surface area contributed by atoms with Gasteiger partial charge >= 0.3 is 0 Å².